The molecule has 12 nitrogen and oxygen atoms in total. The highest BCUT2D eigenvalue weighted by atomic mass is 32.1. The summed E-state index contributed by atoms with van der Waals surface area (Å²) in [4.78, 5) is 40.2. The van der Waals surface area contributed by atoms with E-state index in [-0.39, 0.29) is 35.2 Å². The van der Waals surface area contributed by atoms with Gasteiger partial charge in [-0.15, -0.1) is 0 Å². The zero-order chi connectivity index (χ0) is 23.7. The number of hydrogen-bond acceptors (Lipinski definition) is 10. The van der Waals surface area contributed by atoms with Crippen LogP contribution in [0.3, 0.4) is 0 Å². The molecular weight excluding hydrogens is 458 g/mol. The third-order valence-corrected chi connectivity index (χ3v) is 5.86. The lowest BCUT2D eigenvalue weighted by Gasteiger charge is -2.09. The van der Waals surface area contributed by atoms with Crippen LogP contribution in [0.4, 0.5) is 5.69 Å². The number of fused-ring (bicyclic) bond motifs is 2. The third-order valence-electron chi connectivity index (χ3n) is 4.82. The number of thiazole rings is 1. The van der Waals surface area contributed by atoms with Crippen LogP contribution in [0.2, 0.25) is 0 Å². The van der Waals surface area contributed by atoms with E-state index in [1.807, 2.05) is 0 Å². The van der Waals surface area contributed by atoms with Crippen molar-refractivity contribution < 1.29 is 38.2 Å². The summed E-state index contributed by atoms with van der Waals surface area (Å²) in [5, 5.41) is 11.6. The Hall–Kier alpha value is -4.13. The highest BCUT2D eigenvalue weighted by Crippen LogP contribution is 2.37. The molecule has 0 bridgehead atoms. The lowest BCUT2D eigenvalue weighted by molar-refractivity contribution is -0.385. The molecule has 0 N–H and O–H groups in total. The van der Waals surface area contributed by atoms with E-state index in [0.29, 0.717) is 21.7 Å². The molecule has 2 heterocycles. The van der Waals surface area contributed by atoms with Crippen LogP contribution in [0.15, 0.2) is 29.3 Å². The summed E-state index contributed by atoms with van der Waals surface area (Å²) in [6, 6.07) is 5.66. The lowest BCUT2D eigenvalue weighted by atomic mass is 10.1. The molecule has 1 aliphatic rings. The zero-order valence-electron chi connectivity index (χ0n) is 17.6. The quantitative estimate of drug-likeness (QED) is 0.298. The maximum Gasteiger partial charge on any atom is 0.325 e. The topological polar surface area (TPSA) is 141 Å². The summed E-state index contributed by atoms with van der Waals surface area (Å²) in [5.74, 6) is -0.245. The minimum absolute atomic E-state index is 0.0717. The van der Waals surface area contributed by atoms with Gasteiger partial charge < -0.3 is 28.3 Å². The fourth-order valence-corrected chi connectivity index (χ4v) is 4.27. The standard InChI is InChI=1S/C20H17N3O9S/c1-28-13-4-10(11(23(26)27)5-14(13)29-2)19(25)21-20-22(8-18(24)30-3)12-6-15-16(32-9-31-15)7-17(12)33-20/h4-7H,8-9H2,1-3H3. The van der Waals surface area contributed by atoms with Crippen LogP contribution < -0.4 is 23.7 Å². The van der Waals surface area contributed by atoms with E-state index in [4.69, 9.17) is 23.7 Å². The summed E-state index contributed by atoms with van der Waals surface area (Å²) in [5.41, 5.74) is -0.236. The largest absolute Gasteiger partial charge is 0.493 e. The molecule has 1 aromatic heterocycles. The van der Waals surface area contributed by atoms with Crippen LogP contribution in [-0.4, -0.2) is 49.5 Å². The van der Waals surface area contributed by atoms with Gasteiger partial charge in [-0.1, -0.05) is 11.3 Å². The van der Waals surface area contributed by atoms with E-state index < -0.39 is 22.5 Å². The molecule has 1 aliphatic heterocycles. The van der Waals surface area contributed by atoms with E-state index in [2.05, 4.69) is 4.99 Å². The lowest BCUT2D eigenvalue weighted by Crippen LogP contribution is -2.22. The Balaban J connectivity index is 1.90. The number of carbonyl (C=O) groups is 2. The van der Waals surface area contributed by atoms with E-state index in [9.17, 15) is 19.7 Å². The molecule has 1 amide bonds. The van der Waals surface area contributed by atoms with Crippen LogP contribution in [0.5, 0.6) is 23.0 Å². The molecule has 0 fully saturated rings. The highest BCUT2D eigenvalue weighted by molar-refractivity contribution is 7.16. The van der Waals surface area contributed by atoms with Crippen molar-refractivity contribution in [2.45, 2.75) is 6.54 Å². The first-order valence-electron chi connectivity index (χ1n) is 9.35. The van der Waals surface area contributed by atoms with E-state index in [1.54, 1.807) is 12.1 Å². The van der Waals surface area contributed by atoms with Crippen molar-refractivity contribution in [2.75, 3.05) is 28.1 Å². The number of nitrogens with zero attached hydrogens (tertiary/aromatic N) is 3. The van der Waals surface area contributed by atoms with Crippen molar-refractivity contribution >= 4 is 39.1 Å². The van der Waals surface area contributed by atoms with Gasteiger partial charge in [-0.05, 0) is 0 Å². The number of rotatable bonds is 6. The summed E-state index contributed by atoms with van der Waals surface area (Å²) in [6.45, 7) is -0.168. The predicted molar refractivity (Wildman–Crippen MR) is 114 cm³/mol. The molecule has 0 spiro atoms. The van der Waals surface area contributed by atoms with Crippen molar-refractivity contribution in [3.63, 3.8) is 0 Å². The Morgan fingerprint density at radius 3 is 2.42 bits per heavy atom. The van der Waals surface area contributed by atoms with Crippen LogP contribution in [0, 0.1) is 10.1 Å². The van der Waals surface area contributed by atoms with Crippen molar-refractivity contribution in [1.82, 2.24) is 4.57 Å². The molecule has 0 unspecified atom stereocenters. The maximum atomic E-state index is 13.1. The Labute approximate surface area is 189 Å². The SMILES string of the molecule is COC(=O)Cn1c(=NC(=O)c2cc(OC)c(OC)cc2[N+](=O)[O-])sc2cc3c(cc21)OCO3. The van der Waals surface area contributed by atoms with Gasteiger partial charge in [0.2, 0.25) is 6.79 Å². The van der Waals surface area contributed by atoms with Crippen molar-refractivity contribution in [3.05, 3.63) is 44.7 Å². The third kappa shape index (κ3) is 4.05. The molecule has 0 saturated heterocycles. The summed E-state index contributed by atoms with van der Waals surface area (Å²) < 4.78 is 27.9. The fourth-order valence-electron chi connectivity index (χ4n) is 3.23. The van der Waals surface area contributed by atoms with Crippen LogP contribution >= 0.6 is 11.3 Å². The zero-order valence-corrected chi connectivity index (χ0v) is 18.5. The average molecular weight is 475 g/mol. The molecular formula is C20H17N3O9S. The molecule has 0 atom stereocenters. The van der Waals surface area contributed by atoms with Crippen molar-refractivity contribution in [2.24, 2.45) is 4.99 Å². The molecule has 0 radical (unpaired) electrons. The summed E-state index contributed by atoms with van der Waals surface area (Å²) >= 11 is 1.10. The van der Waals surface area contributed by atoms with Gasteiger partial charge in [0.25, 0.3) is 11.6 Å². The van der Waals surface area contributed by atoms with Gasteiger partial charge in [0.1, 0.15) is 12.1 Å². The molecule has 4 rings (SSSR count). The summed E-state index contributed by atoms with van der Waals surface area (Å²) in [7, 11) is 3.90. The smallest absolute Gasteiger partial charge is 0.325 e. The maximum absolute atomic E-state index is 13.1. The number of ether oxygens (including phenoxy) is 5. The Kier molecular flexibility index (Phi) is 5.87. The molecule has 0 aliphatic carbocycles. The second kappa shape index (κ2) is 8.78. The monoisotopic (exact) mass is 475 g/mol. The minimum Gasteiger partial charge on any atom is -0.493 e. The van der Waals surface area contributed by atoms with Crippen molar-refractivity contribution in [1.29, 1.82) is 0 Å². The molecule has 172 valence electrons. The molecule has 2 aromatic carbocycles. The number of esters is 1. The molecule has 0 saturated carbocycles. The number of carbonyl (C=O) groups excluding carboxylic acids is 2. The Morgan fingerprint density at radius 2 is 1.79 bits per heavy atom. The first-order chi connectivity index (χ1) is 15.9. The number of hydrogen-bond donors (Lipinski definition) is 0. The Bertz CT molecular complexity index is 1360. The van der Waals surface area contributed by atoms with Gasteiger partial charge in [-0.25, -0.2) is 0 Å². The first kappa shape index (κ1) is 22.1. The number of benzene rings is 2. The number of amides is 1. The van der Waals surface area contributed by atoms with Crippen LogP contribution in [0.25, 0.3) is 10.2 Å². The first-order valence-corrected chi connectivity index (χ1v) is 10.2. The van der Waals surface area contributed by atoms with E-state index in [0.717, 1.165) is 17.4 Å². The van der Waals surface area contributed by atoms with Crippen molar-refractivity contribution in [3.8, 4) is 23.0 Å². The van der Waals surface area contributed by atoms with Gasteiger partial charge in [0, 0.05) is 18.2 Å². The number of methoxy groups -OCH3 is 3. The second-order valence-corrected chi connectivity index (χ2v) is 7.63. The van der Waals surface area contributed by atoms with Gasteiger partial charge in [0.05, 0.1) is 42.5 Å². The fraction of sp³-hybridized carbons (Fsp3) is 0.250. The second-order valence-electron chi connectivity index (χ2n) is 6.62. The Morgan fingerprint density at radius 1 is 1.12 bits per heavy atom. The van der Waals surface area contributed by atoms with Crippen LogP contribution in [-0.2, 0) is 16.1 Å². The van der Waals surface area contributed by atoms with Gasteiger partial charge >= 0.3 is 5.97 Å². The van der Waals surface area contributed by atoms with Gasteiger partial charge in [-0.2, -0.15) is 4.99 Å². The summed E-state index contributed by atoms with van der Waals surface area (Å²) in [6.07, 6.45) is 0. The highest BCUT2D eigenvalue weighted by Gasteiger charge is 2.25. The minimum atomic E-state index is -0.895. The van der Waals surface area contributed by atoms with Gasteiger partial charge in [0.15, 0.2) is 27.8 Å². The normalized spacial score (nSPS) is 12.6. The predicted octanol–water partition coefficient (Wildman–Crippen LogP) is 2.27. The van der Waals surface area contributed by atoms with Gasteiger partial charge in [-0.3, -0.25) is 19.7 Å². The van der Waals surface area contributed by atoms with Crippen LogP contribution in [0.1, 0.15) is 10.4 Å². The average Bonchev–Trinajstić information content (AvgIpc) is 3.40. The number of nitro groups is 1. The molecule has 33 heavy (non-hydrogen) atoms. The van der Waals surface area contributed by atoms with E-state index >= 15 is 0 Å². The molecule has 13 heteroatoms. The number of nitro benzene ring substituents is 1. The molecule has 3 aromatic rings. The number of aromatic nitrogens is 1. The van der Waals surface area contributed by atoms with E-state index in [1.165, 1.54) is 32.0 Å².